The summed E-state index contributed by atoms with van der Waals surface area (Å²) in [5, 5.41) is 23.3. The number of hydrogen-bond donors (Lipinski definition) is 3. The monoisotopic (exact) mass is 1220 g/mol. The van der Waals surface area contributed by atoms with E-state index in [9.17, 15) is 19.8 Å². The highest BCUT2D eigenvalue weighted by molar-refractivity contribution is 5.76. The van der Waals surface area contributed by atoms with Gasteiger partial charge in [0.2, 0.25) is 5.91 Å². The maximum Gasteiger partial charge on any atom is 0.305 e. The fraction of sp³-hybridized carbons (Fsp3) is 0.901. The summed E-state index contributed by atoms with van der Waals surface area (Å²) in [6.07, 6.45) is 99.8. The maximum absolute atomic E-state index is 12.6. The first-order chi connectivity index (χ1) is 43.0. The number of hydrogen-bond acceptors (Lipinski definition) is 5. The van der Waals surface area contributed by atoms with Gasteiger partial charge in [-0.2, -0.15) is 0 Å². The van der Waals surface area contributed by atoms with E-state index in [2.05, 4.69) is 43.5 Å². The van der Waals surface area contributed by atoms with Gasteiger partial charge in [0, 0.05) is 12.8 Å². The number of carbonyl (C=O) groups excluding carboxylic acids is 2. The Morgan fingerprint density at radius 1 is 0.322 bits per heavy atom. The van der Waals surface area contributed by atoms with Crippen LogP contribution in [0.5, 0.6) is 0 Å². The Morgan fingerprint density at radius 3 is 0.874 bits per heavy atom. The van der Waals surface area contributed by atoms with Crippen LogP contribution in [0.3, 0.4) is 0 Å². The van der Waals surface area contributed by atoms with Crippen molar-refractivity contribution in [3.8, 4) is 0 Å². The fourth-order valence-corrected chi connectivity index (χ4v) is 12.6. The van der Waals surface area contributed by atoms with Crippen LogP contribution in [0, 0.1) is 0 Å². The van der Waals surface area contributed by atoms with E-state index in [0.717, 1.165) is 44.9 Å². The van der Waals surface area contributed by atoms with Crippen molar-refractivity contribution in [1.82, 2.24) is 5.32 Å². The molecule has 0 saturated heterocycles. The second-order valence-corrected chi connectivity index (χ2v) is 27.4. The predicted molar refractivity (Wildman–Crippen MR) is 384 cm³/mol. The summed E-state index contributed by atoms with van der Waals surface area (Å²) >= 11 is 0. The highest BCUT2D eigenvalue weighted by atomic mass is 16.5. The zero-order chi connectivity index (χ0) is 62.8. The van der Waals surface area contributed by atoms with E-state index in [4.69, 9.17) is 4.74 Å². The number of aliphatic hydroxyl groups excluding tert-OH is 2. The van der Waals surface area contributed by atoms with Crippen LogP contribution in [-0.4, -0.2) is 47.4 Å². The van der Waals surface area contributed by atoms with E-state index in [1.807, 2.05) is 6.08 Å². The Hall–Kier alpha value is -1.92. The third-order valence-corrected chi connectivity index (χ3v) is 18.7. The molecule has 0 aliphatic heterocycles. The highest BCUT2D eigenvalue weighted by Crippen LogP contribution is 2.20. The van der Waals surface area contributed by atoms with E-state index in [1.54, 1.807) is 6.08 Å². The average molecular weight is 1220 g/mol. The molecule has 0 fully saturated rings. The van der Waals surface area contributed by atoms with Gasteiger partial charge in [-0.25, -0.2) is 0 Å². The third-order valence-electron chi connectivity index (χ3n) is 18.7. The lowest BCUT2D eigenvalue weighted by Gasteiger charge is -2.20. The average Bonchev–Trinajstić information content (AvgIpc) is 3.54. The first kappa shape index (κ1) is 85.1. The van der Waals surface area contributed by atoms with Gasteiger partial charge in [0.15, 0.2) is 0 Å². The van der Waals surface area contributed by atoms with Gasteiger partial charge >= 0.3 is 5.97 Å². The van der Waals surface area contributed by atoms with E-state index in [-0.39, 0.29) is 18.5 Å². The quantitative estimate of drug-likeness (QED) is 0.0320. The summed E-state index contributed by atoms with van der Waals surface area (Å²) in [5.41, 5.74) is 0. The largest absolute Gasteiger partial charge is 0.466 e. The summed E-state index contributed by atoms with van der Waals surface area (Å²) < 4.78 is 5.50. The molecule has 6 nitrogen and oxygen atoms in total. The lowest BCUT2D eigenvalue weighted by molar-refractivity contribution is -0.143. The molecule has 0 aromatic rings. The topological polar surface area (TPSA) is 95.9 Å². The fourth-order valence-electron chi connectivity index (χ4n) is 12.6. The first-order valence-corrected chi connectivity index (χ1v) is 39.8. The number of esters is 1. The van der Waals surface area contributed by atoms with Crippen molar-refractivity contribution in [3.05, 3.63) is 36.5 Å². The predicted octanol–water partition coefficient (Wildman–Crippen LogP) is 26.2. The van der Waals surface area contributed by atoms with Gasteiger partial charge in [-0.3, -0.25) is 9.59 Å². The Bertz CT molecular complexity index is 1410. The molecule has 6 heteroatoms. The van der Waals surface area contributed by atoms with E-state index in [0.29, 0.717) is 19.4 Å². The second kappa shape index (κ2) is 76.5. The summed E-state index contributed by atoms with van der Waals surface area (Å²) in [4.78, 5) is 24.7. The Labute approximate surface area is 544 Å². The molecule has 0 radical (unpaired) electrons. The Balaban J connectivity index is 3.42. The van der Waals surface area contributed by atoms with Gasteiger partial charge in [-0.15, -0.1) is 0 Å². The van der Waals surface area contributed by atoms with Gasteiger partial charge in [0.05, 0.1) is 25.4 Å². The van der Waals surface area contributed by atoms with Gasteiger partial charge in [-0.1, -0.05) is 403 Å². The van der Waals surface area contributed by atoms with Gasteiger partial charge in [-0.05, 0) is 64.2 Å². The van der Waals surface area contributed by atoms with Crippen molar-refractivity contribution in [3.63, 3.8) is 0 Å². The minimum Gasteiger partial charge on any atom is -0.466 e. The van der Waals surface area contributed by atoms with Crippen LogP contribution < -0.4 is 5.32 Å². The summed E-state index contributed by atoms with van der Waals surface area (Å²) in [6.45, 7) is 4.95. The van der Waals surface area contributed by atoms with Gasteiger partial charge in [0.1, 0.15) is 0 Å². The molecule has 0 aliphatic carbocycles. The third kappa shape index (κ3) is 73.0. The molecule has 0 aromatic heterocycles. The Morgan fingerprint density at radius 2 is 0.575 bits per heavy atom. The molecule has 0 bridgehead atoms. The van der Waals surface area contributed by atoms with Crippen molar-refractivity contribution in [2.75, 3.05) is 13.2 Å². The first-order valence-electron chi connectivity index (χ1n) is 39.8. The second-order valence-electron chi connectivity index (χ2n) is 27.4. The smallest absolute Gasteiger partial charge is 0.305 e. The van der Waals surface area contributed by atoms with Crippen LogP contribution in [0.25, 0.3) is 0 Å². The number of nitrogens with one attached hydrogen (secondary N) is 1. The molecule has 0 spiro atoms. The van der Waals surface area contributed by atoms with Crippen molar-refractivity contribution in [2.45, 2.75) is 456 Å². The standard InChI is InChI=1S/C81H155NO5/c1-3-5-7-9-11-13-15-17-19-21-22-23-24-30-33-36-39-42-45-49-53-57-61-65-69-73-79(84)78(77-83)82-80(85)74-70-66-62-58-54-50-46-43-40-37-34-31-28-26-25-27-29-32-35-38-41-44-48-52-56-60-64-68-72-76-87-81(86)75-71-67-63-59-55-51-47-20-18-16-14-12-10-8-6-4-2/h25,27,32,35,69,73,78-79,83-84H,3-24,26,28-31,33-34,36-68,70-72,74-77H2,1-2H3,(H,82,85)/b27-25-,35-32-,73-69+. The molecule has 3 N–H and O–H groups in total. The van der Waals surface area contributed by atoms with Crippen LogP contribution in [0.4, 0.5) is 0 Å². The zero-order valence-corrected chi connectivity index (χ0v) is 59.0. The van der Waals surface area contributed by atoms with Crippen molar-refractivity contribution < 1.29 is 24.5 Å². The SMILES string of the molecule is CCCCCCCCCCCCCCCCCCCCCCCCC/C=C/C(O)C(CO)NC(=O)CCCCCCCCCCCCCCC/C=C\C/C=C\CCCCCCCCCCCOC(=O)CCCCCCCCCCCCCCCCCC. The molecule has 2 atom stereocenters. The molecular weight excluding hydrogens is 1070 g/mol. The van der Waals surface area contributed by atoms with E-state index < -0.39 is 12.1 Å². The van der Waals surface area contributed by atoms with Gasteiger partial charge in [0.25, 0.3) is 0 Å². The molecule has 0 heterocycles. The highest BCUT2D eigenvalue weighted by Gasteiger charge is 2.18. The molecule has 0 saturated carbocycles. The zero-order valence-electron chi connectivity index (χ0n) is 59.0. The molecule has 514 valence electrons. The molecular formula is C81H155NO5. The molecule has 0 rings (SSSR count). The summed E-state index contributed by atoms with van der Waals surface area (Å²) in [6, 6.07) is -0.631. The molecule has 0 aliphatic rings. The van der Waals surface area contributed by atoms with Crippen LogP contribution in [0.2, 0.25) is 0 Å². The molecule has 2 unspecified atom stereocenters. The number of carbonyl (C=O) groups is 2. The number of allylic oxidation sites excluding steroid dienone is 5. The lowest BCUT2D eigenvalue weighted by Crippen LogP contribution is -2.45. The van der Waals surface area contributed by atoms with Crippen molar-refractivity contribution in [2.24, 2.45) is 0 Å². The van der Waals surface area contributed by atoms with Crippen molar-refractivity contribution in [1.29, 1.82) is 0 Å². The Kier molecular flexibility index (Phi) is 74.8. The molecule has 1 amide bonds. The number of amides is 1. The number of ether oxygens (including phenoxy) is 1. The normalized spacial score (nSPS) is 12.6. The van der Waals surface area contributed by atoms with E-state index in [1.165, 1.54) is 372 Å². The summed E-state index contributed by atoms with van der Waals surface area (Å²) in [5.74, 6) is -0.0480. The molecule has 0 aromatic carbocycles. The number of unbranched alkanes of at least 4 members (excludes halogenated alkanes) is 60. The maximum atomic E-state index is 12.6. The van der Waals surface area contributed by atoms with Crippen LogP contribution in [0.15, 0.2) is 36.5 Å². The minimum absolute atomic E-state index is 0.0160. The lowest BCUT2D eigenvalue weighted by atomic mass is 10.0. The van der Waals surface area contributed by atoms with Crippen LogP contribution >= 0.6 is 0 Å². The van der Waals surface area contributed by atoms with Crippen LogP contribution in [0.1, 0.15) is 444 Å². The summed E-state index contributed by atoms with van der Waals surface area (Å²) in [7, 11) is 0. The minimum atomic E-state index is -0.847. The number of aliphatic hydroxyl groups is 2. The van der Waals surface area contributed by atoms with Crippen LogP contribution in [-0.2, 0) is 14.3 Å². The van der Waals surface area contributed by atoms with E-state index >= 15 is 0 Å². The van der Waals surface area contributed by atoms with Crippen molar-refractivity contribution >= 4 is 11.9 Å². The molecule has 87 heavy (non-hydrogen) atoms. The van der Waals surface area contributed by atoms with Gasteiger partial charge < -0.3 is 20.3 Å². The number of rotatable bonds is 75.